The smallest absolute Gasteiger partial charge is 0.252 e. The summed E-state index contributed by atoms with van der Waals surface area (Å²) in [6.07, 6.45) is 3.66. The molecule has 0 radical (unpaired) electrons. The molecule has 1 aromatic heterocycles. The number of aliphatic hydroxyl groups excluding tert-OH is 1. The summed E-state index contributed by atoms with van der Waals surface area (Å²) in [5, 5.41) is 15.7. The lowest BCUT2D eigenvalue weighted by Gasteiger charge is -2.31. The summed E-state index contributed by atoms with van der Waals surface area (Å²) in [6, 6.07) is 3.76. The number of carbonyl (C=O) groups is 1. The number of hydrogen-bond acceptors (Lipinski definition) is 5. The van der Waals surface area contributed by atoms with E-state index in [4.69, 9.17) is 0 Å². The molecule has 1 aromatic rings. The third-order valence-electron chi connectivity index (χ3n) is 4.95. The normalized spacial score (nSPS) is 25.6. The molecule has 1 amide bonds. The van der Waals surface area contributed by atoms with Crippen molar-refractivity contribution >= 4 is 11.7 Å². The second kappa shape index (κ2) is 7.27. The molecule has 126 valence electrons. The van der Waals surface area contributed by atoms with Gasteiger partial charge in [-0.25, -0.2) is 4.98 Å². The highest BCUT2D eigenvalue weighted by Crippen LogP contribution is 2.21. The maximum absolute atomic E-state index is 12.2. The summed E-state index contributed by atoms with van der Waals surface area (Å²) in [6.45, 7) is 6.18. The summed E-state index contributed by atoms with van der Waals surface area (Å²) in [5.74, 6) is 1.69. The maximum Gasteiger partial charge on any atom is 0.252 e. The van der Waals surface area contributed by atoms with Crippen molar-refractivity contribution < 1.29 is 9.90 Å². The average Bonchev–Trinajstić information content (AvgIpc) is 2.99. The van der Waals surface area contributed by atoms with Crippen LogP contribution in [0, 0.1) is 11.8 Å². The van der Waals surface area contributed by atoms with Gasteiger partial charge < -0.3 is 20.6 Å². The summed E-state index contributed by atoms with van der Waals surface area (Å²) >= 11 is 0. The molecule has 2 fully saturated rings. The van der Waals surface area contributed by atoms with Gasteiger partial charge in [0.05, 0.1) is 11.7 Å². The van der Waals surface area contributed by atoms with Gasteiger partial charge in [-0.1, -0.05) is 6.92 Å². The van der Waals surface area contributed by atoms with Gasteiger partial charge in [-0.2, -0.15) is 0 Å². The van der Waals surface area contributed by atoms with E-state index in [1.54, 1.807) is 6.20 Å². The number of nitrogens with one attached hydrogen (secondary N) is 2. The Morgan fingerprint density at radius 1 is 1.39 bits per heavy atom. The molecule has 2 aliphatic heterocycles. The SMILES string of the molecule is CC1CCN(c2ccc(C(=O)NCC3CNCC3O)cn2)CC1. The van der Waals surface area contributed by atoms with Crippen LogP contribution >= 0.6 is 0 Å². The van der Waals surface area contributed by atoms with Gasteiger partial charge in [-0.3, -0.25) is 4.79 Å². The van der Waals surface area contributed by atoms with E-state index >= 15 is 0 Å². The van der Waals surface area contributed by atoms with Crippen molar-refractivity contribution in [3.8, 4) is 0 Å². The standard InChI is InChI=1S/C17H26N4O2/c1-12-4-6-21(7-5-12)16-3-2-13(9-19-16)17(23)20-10-14-8-18-11-15(14)22/h2-3,9,12,14-15,18,22H,4-8,10-11H2,1H3,(H,20,23). The minimum Gasteiger partial charge on any atom is -0.391 e. The Morgan fingerprint density at radius 2 is 2.17 bits per heavy atom. The highest BCUT2D eigenvalue weighted by atomic mass is 16.3. The third-order valence-corrected chi connectivity index (χ3v) is 4.95. The number of pyridine rings is 1. The Kier molecular flexibility index (Phi) is 5.13. The van der Waals surface area contributed by atoms with Gasteiger partial charge in [-0.05, 0) is 30.9 Å². The second-order valence-corrected chi connectivity index (χ2v) is 6.77. The predicted molar refractivity (Wildman–Crippen MR) is 89.5 cm³/mol. The molecule has 0 saturated carbocycles. The summed E-state index contributed by atoms with van der Waals surface area (Å²) in [4.78, 5) is 18.9. The predicted octanol–water partition coefficient (Wildman–Crippen LogP) is 0.628. The Bertz CT molecular complexity index is 526. The first-order valence-electron chi connectivity index (χ1n) is 8.51. The van der Waals surface area contributed by atoms with Crippen LogP contribution in [0.15, 0.2) is 18.3 Å². The highest BCUT2D eigenvalue weighted by molar-refractivity contribution is 5.94. The van der Waals surface area contributed by atoms with Gasteiger partial charge in [0.2, 0.25) is 0 Å². The van der Waals surface area contributed by atoms with Gasteiger partial charge >= 0.3 is 0 Å². The van der Waals surface area contributed by atoms with Crippen LogP contribution in [-0.2, 0) is 0 Å². The number of nitrogens with zero attached hydrogens (tertiary/aromatic N) is 2. The maximum atomic E-state index is 12.2. The van der Waals surface area contributed by atoms with Crippen molar-refractivity contribution in [1.29, 1.82) is 0 Å². The van der Waals surface area contributed by atoms with Crippen LogP contribution in [0.5, 0.6) is 0 Å². The Hall–Kier alpha value is -1.66. The van der Waals surface area contributed by atoms with E-state index in [-0.39, 0.29) is 17.9 Å². The molecule has 0 spiro atoms. The third kappa shape index (κ3) is 4.00. The Balaban J connectivity index is 1.53. The van der Waals surface area contributed by atoms with Crippen LogP contribution in [0.25, 0.3) is 0 Å². The number of amides is 1. The fraction of sp³-hybridized carbons (Fsp3) is 0.647. The zero-order valence-corrected chi connectivity index (χ0v) is 13.7. The second-order valence-electron chi connectivity index (χ2n) is 6.77. The van der Waals surface area contributed by atoms with E-state index < -0.39 is 0 Å². The van der Waals surface area contributed by atoms with Crippen molar-refractivity contribution in [2.75, 3.05) is 37.6 Å². The number of hydrogen-bond donors (Lipinski definition) is 3. The van der Waals surface area contributed by atoms with Crippen LogP contribution in [0.2, 0.25) is 0 Å². The first-order chi connectivity index (χ1) is 11.1. The molecule has 2 saturated heterocycles. The molecule has 0 bridgehead atoms. The summed E-state index contributed by atoms with van der Waals surface area (Å²) in [5.41, 5.74) is 0.569. The lowest BCUT2D eigenvalue weighted by atomic mass is 9.99. The zero-order chi connectivity index (χ0) is 16.2. The molecule has 2 unspecified atom stereocenters. The Labute approximate surface area is 137 Å². The van der Waals surface area contributed by atoms with E-state index in [9.17, 15) is 9.90 Å². The molecule has 2 atom stereocenters. The van der Waals surface area contributed by atoms with Crippen molar-refractivity contribution in [3.63, 3.8) is 0 Å². The molecular weight excluding hydrogens is 292 g/mol. The number of piperidine rings is 1. The summed E-state index contributed by atoms with van der Waals surface area (Å²) < 4.78 is 0. The number of carbonyl (C=O) groups excluding carboxylic acids is 1. The van der Waals surface area contributed by atoms with Gasteiger partial charge in [0.15, 0.2) is 0 Å². The van der Waals surface area contributed by atoms with E-state index in [2.05, 4.69) is 27.4 Å². The van der Waals surface area contributed by atoms with E-state index in [0.717, 1.165) is 31.4 Å². The van der Waals surface area contributed by atoms with Gasteiger partial charge in [0.1, 0.15) is 5.82 Å². The van der Waals surface area contributed by atoms with Crippen LogP contribution < -0.4 is 15.5 Å². The lowest BCUT2D eigenvalue weighted by Crippen LogP contribution is -2.35. The first-order valence-corrected chi connectivity index (χ1v) is 8.51. The zero-order valence-electron chi connectivity index (χ0n) is 13.7. The average molecular weight is 318 g/mol. The lowest BCUT2D eigenvalue weighted by molar-refractivity contribution is 0.0926. The summed E-state index contributed by atoms with van der Waals surface area (Å²) in [7, 11) is 0. The van der Waals surface area contributed by atoms with Crippen LogP contribution in [0.1, 0.15) is 30.1 Å². The van der Waals surface area contributed by atoms with Crippen LogP contribution in [0.3, 0.4) is 0 Å². The molecule has 6 nitrogen and oxygen atoms in total. The number of rotatable bonds is 4. The van der Waals surface area contributed by atoms with E-state index in [1.165, 1.54) is 12.8 Å². The van der Waals surface area contributed by atoms with Crippen LogP contribution in [-0.4, -0.2) is 54.8 Å². The number of aliphatic hydroxyl groups is 1. The molecular formula is C17H26N4O2. The first kappa shape index (κ1) is 16.2. The highest BCUT2D eigenvalue weighted by Gasteiger charge is 2.25. The molecule has 3 N–H and O–H groups in total. The van der Waals surface area contributed by atoms with Crippen molar-refractivity contribution in [2.24, 2.45) is 11.8 Å². The minimum absolute atomic E-state index is 0.0847. The van der Waals surface area contributed by atoms with E-state index in [0.29, 0.717) is 18.7 Å². The van der Waals surface area contributed by atoms with Crippen molar-refractivity contribution in [1.82, 2.24) is 15.6 Å². The topological polar surface area (TPSA) is 77.5 Å². The number of anilines is 1. The van der Waals surface area contributed by atoms with E-state index in [1.807, 2.05) is 12.1 Å². The fourth-order valence-electron chi connectivity index (χ4n) is 3.20. The van der Waals surface area contributed by atoms with Crippen molar-refractivity contribution in [2.45, 2.75) is 25.9 Å². The molecule has 3 rings (SSSR count). The molecule has 3 heterocycles. The molecule has 6 heteroatoms. The largest absolute Gasteiger partial charge is 0.391 e. The van der Waals surface area contributed by atoms with Gasteiger partial charge in [0.25, 0.3) is 5.91 Å². The van der Waals surface area contributed by atoms with Gasteiger partial charge in [0, 0.05) is 44.8 Å². The van der Waals surface area contributed by atoms with Crippen LogP contribution in [0.4, 0.5) is 5.82 Å². The fourth-order valence-corrected chi connectivity index (χ4v) is 3.20. The minimum atomic E-state index is -0.378. The molecule has 0 aliphatic carbocycles. The number of aromatic nitrogens is 1. The molecule has 2 aliphatic rings. The van der Waals surface area contributed by atoms with Gasteiger partial charge in [-0.15, -0.1) is 0 Å². The molecule has 23 heavy (non-hydrogen) atoms. The Morgan fingerprint density at radius 3 is 2.78 bits per heavy atom. The monoisotopic (exact) mass is 318 g/mol. The quantitative estimate of drug-likeness (QED) is 0.759. The van der Waals surface area contributed by atoms with Crippen molar-refractivity contribution in [3.05, 3.63) is 23.9 Å². The molecule has 0 aromatic carbocycles. The number of β-amino-alcohol motifs (C(OH)–C–C–N with tert-alkyl or cyclic N) is 1.